The molecule has 0 saturated carbocycles. The Morgan fingerprint density at radius 3 is 2.94 bits per heavy atom. The molecule has 1 aliphatic rings. The Morgan fingerprint density at radius 2 is 2.29 bits per heavy atom. The van der Waals surface area contributed by atoms with Crippen molar-refractivity contribution in [2.24, 2.45) is 0 Å². The molecule has 0 bridgehead atoms. The van der Waals surface area contributed by atoms with E-state index in [4.69, 9.17) is 4.74 Å². The summed E-state index contributed by atoms with van der Waals surface area (Å²) in [5.41, 5.74) is 4.08. The van der Waals surface area contributed by atoms with Gasteiger partial charge in [0.1, 0.15) is 6.29 Å². The van der Waals surface area contributed by atoms with Crippen molar-refractivity contribution >= 4 is 18.0 Å². The van der Waals surface area contributed by atoms with Gasteiger partial charge in [-0.1, -0.05) is 6.08 Å². The van der Waals surface area contributed by atoms with E-state index in [1.165, 1.54) is 5.57 Å². The highest BCUT2D eigenvalue weighted by atomic mass is 16.5. The van der Waals surface area contributed by atoms with Crippen molar-refractivity contribution in [3.63, 3.8) is 0 Å². The molecule has 0 aliphatic carbocycles. The van der Waals surface area contributed by atoms with Gasteiger partial charge in [0, 0.05) is 24.9 Å². The van der Waals surface area contributed by atoms with Crippen molar-refractivity contribution in [3.05, 3.63) is 34.9 Å². The minimum absolute atomic E-state index is 0.701. The molecule has 1 aromatic rings. The summed E-state index contributed by atoms with van der Waals surface area (Å²) in [5, 5.41) is 3.14. The van der Waals surface area contributed by atoms with E-state index in [1.54, 1.807) is 0 Å². The van der Waals surface area contributed by atoms with Crippen molar-refractivity contribution < 1.29 is 9.53 Å². The van der Waals surface area contributed by atoms with Gasteiger partial charge in [-0.15, -0.1) is 0 Å². The van der Waals surface area contributed by atoms with Crippen LogP contribution in [0.2, 0.25) is 0 Å². The lowest BCUT2D eigenvalue weighted by Crippen LogP contribution is -2.07. The molecule has 0 radical (unpaired) electrons. The molecule has 0 unspecified atom stereocenters. The van der Waals surface area contributed by atoms with Gasteiger partial charge >= 0.3 is 0 Å². The molecule has 0 atom stereocenters. The molecule has 1 N–H and O–H groups in total. The topological polar surface area (TPSA) is 38.3 Å². The molecule has 1 aliphatic heterocycles. The molecular formula is C14H17NO2. The van der Waals surface area contributed by atoms with E-state index in [9.17, 15) is 4.79 Å². The fourth-order valence-electron chi connectivity index (χ4n) is 2.01. The first-order valence-electron chi connectivity index (χ1n) is 5.87. The zero-order valence-electron chi connectivity index (χ0n) is 10.0. The first-order chi connectivity index (χ1) is 8.33. The third-order valence-electron chi connectivity index (χ3n) is 2.91. The van der Waals surface area contributed by atoms with Crippen LogP contribution >= 0.6 is 0 Å². The minimum Gasteiger partial charge on any atom is -0.388 e. The quantitative estimate of drug-likeness (QED) is 0.813. The molecule has 1 heterocycles. The third kappa shape index (κ3) is 2.94. The summed E-state index contributed by atoms with van der Waals surface area (Å²) in [5.74, 6) is 0. The number of carbonyl (C=O) groups is 1. The number of hydrogen-bond donors (Lipinski definition) is 1. The van der Waals surface area contributed by atoms with Crippen LogP contribution in [0.5, 0.6) is 0 Å². The number of carbonyl (C=O) groups excluding carboxylic acids is 1. The molecule has 1 aromatic carbocycles. The molecule has 0 spiro atoms. The molecule has 0 aromatic heterocycles. The second-order valence-electron chi connectivity index (χ2n) is 4.17. The van der Waals surface area contributed by atoms with E-state index in [0.29, 0.717) is 12.2 Å². The molecule has 90 valence electrons. The minimum atomic E-state index is 0.701. The van der Waals surface area contributed by atoms with Crippen LogP contribution in [-0.4, -0.2) is 26.5 Å². The Morgan fingerprint density at radius 1 is 1.41 bits per heavy atom. The highest BCUT2D eigenvalue weighted by Gasteiger charge is 2.07. The molecule has 0 amide bonds. The molecule has 17 heavy (non-hydrogen) atoms. The number of rotatable bonds is 3. The van der Waals surface area contributed by atoms with Crippen LogP contribution in [0, 0.1) is 0 Å². The van der Waals surface area contributed by atoms with E-state index < -0.39 is 0 Å². The number of nitrogens with one attached hydrogen (secondary N) is 1. The third-order valence-corrected chi connectivity index (χ3v) is 2.91. The summed E-state index contributed by atoms with van der Waals surface area (Å²) in [4.78, 5) is 10.8. The first kappa shape index (κ1) is 11.9. The van der Waals surface area contributed by atoms with Gasteiger partial charge in [-0.2, -0.15) is 0 Å². The van der Waals surface area contributed by atoms with Crippen LogP contribution in [-0.2, 0) is 4.74 Å². The summed E-state index contributed by atoms with van der Waals surface area (Å²) < 4.78 is 5.43. The maximum atomic E-state index is 10.8. The van der Waals surface area contributed by atoms with Gasteiger partial charge in [-0.25, -0.2) is 0 Å². The normalized spacial score (nSPS) is 18.1. The number of anilines is 1. The van der Waals surface area contributed by atoms with E-state index in [2.05, 4.69) is 11.4 Å². The molecule has 1 fully saturated rings. The Labute approximate surface area is 101 Å². The zero-order valence-corrected chi connectivity index (χ0v) is 10.0. The van der Waals surface area contributed by atoms with Gasteiger partial charge in [-0.05, 0) is 42.2 Å². The summed E-state index contributed by atoms with van der Waals surface area (Å²) >= 11 is 0. The van der Waals surface area contributed by atoms with Crippen LogP contribution in [0.25, 0.3) is 6.08 Å². The largest absolute Gasteiger partial charge is 0.388 e. The first-order valence-corrected chi connectivity index (χ1v) is 5.87. The fraction of sp³-hybridized carbons (Fsp3) is 0.357. The van der Waals surface area contributed by atoms with Crippen molar-refractivity contribution in [1.82, 2.24) is 0 Å². The molecule has 3 heteroatoms. The highest BCUT2D eigenvalue weighted by Crippen LogP contribution is 2.22. The predicted molar refractivity (Wildman–Crippen MR) is 69.4 cm³/mol. The average molecular weight is 231 g/mol. The van der Waals surface area contributed by atoms with Crippen molar-refractivity contribution in [1.29, 1.82) is 0 Å². The van der Waals surface area contributed by atoms with Crippen molar-refractivity contribution in [3.8, 4) is 0 Å². The molecule has 1 saturated heterocycles. The number of aldehydes is 1. The monoisotopic (exact) mass is 231 g/mol. The van der Waals surface area contributed by atoms with E-state index in [1.807, 2.05) is 25.2 Å². The van der Waals surface area contributed by atoms with Gasteiger partial charge in [0.2, 0.25) is 0 Å². The lowest BCUT2D eigenvalue weighted by molar-refractivity contribution is 0.112. The lowest BCUT2D eigenvalue weighted by Gasteiger charge is -2.15. The number of benzene rings is 1. The van der Waals surface area contributed by atoms with Gasteiger partial charge in [-0.3, -0.25) is 4.79 Å². The highest BCUT2D eigenvalue weighted by molar-refractivity contribution is 5.80. The Kier molecular flexibility index (Phi) is 3.94. The standard InChI is InChI=1S/C14H17NO2/c1-15-14-5-4-11(9-16)7-13(14)8-12-3-2-6-17-10-12/h4-5,7-9,15H,2-3,6,10H2,1H3/b12-8-. The second kappa shape index (κ2) is 5.64. The van der Waals surface area contributed by atoms with Crippen molar-refractivity contribution in [2.45, 2.75) is 12.8 Å². The molecule has 2 rings (SSSR count). The zero-order chi connectivity index (χ0) is 12.1. The summed E-state index contributed by atoms with van der Waals surface area (Å²) in [6.45, 7) is 1.55. The van der Waals surface area contributed by atoms with Crippen LogP contribution in [0.1, 0.15) is 28.8 Å². The smallest absolute Gasteiger partial charge is 0.150 e. The van der Waals surface area contributed by atoms with Crippen molar-refractivity contribution in [2.75, 3.05) is 25.6 Å². The number of hydrogen-bond acceptors (Lipinski definition) is 3. The maximum Gasteiger partial charge on any atom is 0.150 e. The van der Waals surface area contributed by atoms with Crippen LogP contribution < -0.4 is 5.32 Å². The average Bonchev–Trinajstić information content (AvgIpc) is 2.40. The number of ether oxygens (including phenoxy) is 1. The van der Waals surface area contributed by atoms with E-state index in [0.717, 1.165) is 37.0 Å². The van der Waals surface area contributed by atoms with Gasteiger partial charge < -0.3 is 10.1 Å². The fourth-order valence-corrected chi connectivity index (χ4v) is 2.01. The molecular weight excluding hydrogens is 214 g/mol. The summed E-state index contributed by atoms with van der Waals surface area (Å²) in [6, 6.07) is 5.65. The SMILES string of the molecule is CNc1ccc(C=O)cc1/C=C1/CCCOC1. The van der Waals surface area contributed by atoms with Gasteiger partial charge in [0.15, 0.2) is 0 Å². The molecule has 3 nitrogen and oxygen atoms in total. The van der Waals surface area contributed by atoms with Crippen LogP contribution in [0.3, 0.4) is 0 Å². The maximum absolute atomic E-state index is 10.8. The van der Waals surface area contributed by atoms with Crippen LogP contribution in [0.15, 0.2) is 23.8 Å². The predicted octanol–water partition coefficient (Wildman–Crippen LogP) is 2.73. The second-order valence-corrected chi connectivity index (χ2v) is 4.17. The Balaban J connectivity index is 2.31. The van der Waals surface area contributed by atoms with Gasteiger partial charge in [0.05, 0.1) is 6.61 Å². The van der Waals surface area contributed by atoms with Gasteiger partial charge in [0.25, 0.3) is 0 Å². The lowest BCUT2D eigenvalue weighted by atomic mass is 10.0. The Hall–Kier alpha value is -1.61. The van der Waals surface area contributed by atoms with Crippen LogP contribution in [0.4, 0.5) is 5.69 Å². The van der Waals surface area contributed by atoms with E-state index >= 15 is 0 Å². The summed E-state index contributed by atoms with van der Waals surface area (Å²) in [6.07, 6.45) is 5.15. The Bertz CT molecular complexity index is 430. The van der Waals surface area contributed by atoms with E-state index in [-0.39, 0.29) is 0 Å². The summed E-state index contributed by atoms with van der Waals surface area (Å²) in [7, 11) is 1.88.